The van der Waals surface area contributed by atoms with E-state index in [1.165, 1.54) is 18.2 Å². The summed E-state index contributed by atoms with van der Waals surface area (Å²) in [5.74, 6) is -0.648. The summed E-state index contributed by atoms with van der Waals surface area (Å²) in [6.07, 6.45) is 4.40. The van der Waals surface area contributed by atoms with Gasteiger partial charge in [0.25, 0.3) is 5.91 Å². The molecule has 92 valence electrons. The van der Waals surface area contributed by atoms with Gasteiger partial charge >= 0.3 is 0 Å². The zero-order valence-corrected chi connectivity index (χ0v) is 9.83. The Morgan fingerprint density at radius 2 is 2.12 bits per heavy atom. The molecule has 0 unspecified atom stereocenters. The summed E-state index contributed by atoms with van der Waals surface area (Å²) in [7, 11) is 0. The molecular formula is C13H16FNO2. The fourth-order valence-corrected chi connectivity index (χ4v) is 2.08. The molecular weight excluding hydrogens is 221 g/mol. The second kappa shape index (κ2) is 5.27. The van der Waals surface area contributed by atoms with Crippen molar-refractivity contribution in [2.24, 2.45) is 0 Å². The van der Waals surface area contributed by atoms with Gasteiger partial charge in [0, 0.05) is 5.56 Å². The lowest BCUT2D eigenvalue weighted by Crippen LogP contribution is -2.28. The molecule has 0 saturated heterocycles. The van der Waals surface area contributed by atoms with Gasteiger partial charge in [0.05, 0.1) is 6.10 Å². The van der Waals surface area contributed by atoms with Gasteiger partial charge in [0.2, 0.25) is 0 Å². The number of rotatable bonds is 3. The average molecular weight is 237 g/mol. The first-order valence-corrected chi connectivity index (χ1v) is 5.89. The topological polar surface area (TPSA) is 38.3 Å². The Kier molecular flexibility index (Phi) is 3.74. The third-order valence-corrected chi connectivity index (χ3v) is 3.05. The first-order chi connectivity index (χ1) is 8.16. The molecule has 0 aliphatic heterocycles. The number of halogens is 1. The van der Waals surface area contributed by atoms with Crippen molar-refractivity contribution in [2.45, 2.75) is 38.7 Å². The first kappa shape index (κ1) is 12.0. The van der Waals surface area contributed by atoms with E-state index in [4.69, 9.17) is 4.84 Å². The molecule has 1 fully saturated rings. The number of hydrogen-bond donors (Lipinski definition) is 1. The summed E-state index contributed by atoms with van der Waals surface area (Å²) < 4.78 is 12.9. The minimum atomic E-state index is -0.337. The van der Waals surface area contributed by atoms with Crippen LogP contribution >= 0.6 is 0 Å². The Morgan fingerprint density at radius 3 is 2.76 bits per heavy atom. The van der Waals surface area contributed by atoms with Crippen LogP contribution < -0.4 is 5.48 Å². The van der Waals surface area contributed by atoms with Crippen LogP contribution in [-0.4, -0.2) is 12.0 Å². The van der Waals surface area contributed by atoms with E-state index in [0.29, 0.717) is 11.1 Å². The van der Waals surface area contributed by atoms with Gasteiger partial charge in [-0.15, -0.1) is 0 Å². The van der Waals surface area contributed by atoms with Crippen molar-refractivity contribution < 1.29 is 14.0 Å². The lowest BCUT2D eigenvalue weighted by molar-refractivity contribution is -0.0125. The fraction of sp³-hybridized carbons (Fsp3) is 0.462. The molecule has 3 nitrogen and oxygen atoms in total. The number of carbonyl (C=O) groups excluding carboxylic acids is 1. The normalized spacial score (nSPS) is 16.1. The molecule has 4 heteroatoms. The second-order valence-corrected chi connectivity index (χ2v) is 4.41. The number of aryl methyl sites for hydroxylation is 1. The Balaban J connectivity index is 1.94. The zero-order valence-electron chi connectivity index (χ0n) is 9.83. The predicted molar refractivity (Wildman–Crippen MR) is 61.9 cm³/mol. The van der Waals surface area contributed by atoms with Crippen LogP contribution in [0, 0.1) is 12.7 Å². The molecule has 1 aliphatic rings. The molecule has 0 spiro atoms. The monoisotopic (exact) mass is 237 g/mol. The zero-order chi connectivity index (χ0) is 12.3. The first-order valence-electron chi connectivity index (χ1n) is 5.89. The van der Waals surface area contributed by atoms with E-state index in [1.54, 1.807) is 6.92 Å². The Labute approximate surface area is 99.9 Å². The molecule has 0 bridgehead atoms. The molecule has 1 aromatic carbocycles. The van der Waals surface area contributed by atoms with Gasteiger partial charge in [-0.25, -0.2) is 9.87 Å². The maximum atomic E-state index is 12.9. The SMILES string of the molecule is Cc1cc(F)ccc1C(=O)NOC1CCCC1. The molecule has 0 atom stereocenters. The maximum Gasteiger partial charge on any atom is 0.275 e. The highest BCUT2D eigenvalue weighted by atomic mass is 19.1. The highest BCUT2D eigenvalue weighted by molar-refractivity contribution is 5.94. The van der Waals surface area contributed by atoms with Crippen LogP contribution in [0.15, 0.2) is 18.2 Å². The van der Waals surface area contributed by atoms with Crippen LogP contribution in [0.3, 0.4) is 0 Å². The van der Waals surface area contributed by atoms with Crippen LogP contribution in [-0.2, 0) is 4.84 Å². The van der Waals surface area contributed by atoms with E-state index in [9.17, 15) is 9.18 Å². The molecule has 1 amide bonds. The number of amides is 1. The standard InChI is InChI=1S/C13H16FNO2/c1-9-8-10(14)6-7-12(9)13(16)15-17-11-4-2-3-5-11/h6-8,11H,2-5H2,1H3,(H,15,16). The van der Waals surface area contributed by atoms with E-state index >= 15 is 0 Å². The molecule has 0 aromatic heterocycles. The van der Waals surface area contributed by atoms with Crippen LogP contribution in [0.4, 0.5) is 4.39 Å². The van der Waals surface area contributed by atoms with Crippen molar-refractivity contribution >= 4 is 5.91 Å². The minimum absolute atomic E-state index is 0.125. The van der Waals surface area contributed by atoms with Crippen LogP contribution in [0.1, 0.15) is 41.6 Å². The van der Waals surface area contributed by atoms with Crippen molar-refractivity contribution in [1.82, 2.24) is 5.48 Å². The Bertz CT molecular complexity index is 414. The Morgan fingerprint density at radius 1 is 1.41 bits per heavy atom. The molecule has 17 heavy (non-hydrogen) atoms. The largest absolute Gasteiger partial charge is 0.275 e. The van der Waals surface area contributed by atoms with Crippen LogP contribution in [0.5, 0.6) is 0 Å². The number of carbonyl (C=O) groups is 1. The van der Waals surface area contributed by atoms with Crippen LogP contribution in [0.2, 0.25) is 0 Å². The number of nitrogens with one attached hydrogen (secondary N) is 1. The highest BCUT2D eigenvalue weighted by Crippen LogP contribution is 2.20. The van der Waals surface area contributed by atoms with E-state index < -0.39 is 0 Å². The van der Waals surface area contributed by atoms with Gasteiger partial charge < -0.3 is 0 Å². The summed E-state index contributed by atoms with van der Waals surface area (Å²) >= 11 is 0. The number of hydroxylamine groups is 1. The van der Waals surface area contributed by atoms with Crippen molar-refractivity contribution in [1.29, 1.82) is 0 Å². The van der Waals surface area contributed by atoms with Crippen LogP contribution in [0.25, 0.3) is 0 Å². The summed E-state index contributed by atoms with van der Waals surface area (Å²) in [6, 6.07) is 4.08. The number of hydrogen-bond acceptors (Lipinski definition) is 2. The molecule has 1 N–H and O–H groups in total. The van der Waals surface area contributed by atoms with Gasteiger partial charge in [0.1, 0.15) is 5.82 Å². The second-order valence-electron chi connectivity index (χ2n) is 4.41. The van der Waals surface area contributed by atoms with E-state index in [-0.39, 0.29) is 17.8 Å². The molecule has 1 aliphatic carbocycles. The lowest BCUT2D eigenvalue weighted by atomic mass is 10.1. The van der Waals surface area contributed by atoms with Gasteiger partial charge in [-0.2, -0.15) is 0 Å². The third kappa shape index (κ3) is 3.03. The summed E-state index contributed by atoms with van der Waals surface area (Å²) in [5, 5.41) is 0. The molecule has 0 heterocycles. The smallest absolute Gasteiger partial charge is 0.270 e. The predicted octanol–water partition coefficient (Wildman–Crippen LogP) is 2.74. The van der Waals surface area contributed by atoms with E-state index in [1.807, 2.05) is 0 Å². The van der Waals surface area contributed by atoms with Gasteiger partial charge in [-0.1, -0.05) is 12.8 Å². The van der Waals surface area contributed by atoms with Gasteiger partial charge in [-0.3, -0.25) is 9.63 Å². The van der Waals surface area contributed by atoms with Crippen molar-refractivity contribution in [2.75, 3.05) is 0 Å². The molecule has 2 rings (SSSR count). The van der Waals surface area contributed by atoms with E-state index in [2.05, 4.69) is 5.48 Å². The third-order valence-electron chi connectivity index (χ3n) is 3.05. The summed E-state index contributed by atoms with van der Waals surface area (Å²) in [6.45, 7) is 1.70. The summed E-state index contributed by atoms with van der Waals surface area (Å²) in [5.41, 5.74) is 3.50. The maximum absolute atomic E-state index is 12.9. The minimum Gasteiger partial charge on any atom is -0.270 e. The fourth-order valence-electron chi connectivity index (χ4n) is 2.08. The average Bonchev–Trinajstić information content (AvgIpc) is 2.78. The summed E-state index contributed by atoms with van der Waals surface area (Å²) in [4.78, 5) is 17.1. The van der Waals surface area contributed by atoms with E-state index in [0.717, 1.165) is 25.7 Å². The molecule has 1 saturated carbocycles. The quantitative estimate of drug-likeness (QED) is 0.821. The van der Waals surface area contributed by atoms with Gasteiger partial charge in [-0.05, 0) is 43.5 Å². The number of benzene rings is 1. The van der Waals surface area contributed by atoms with Crippen molar-refractivity contribution in [3.63, 3.8) is 0 Å². The Hall–Kier alpha value is -1.42. The van der Waals surface area contributed by atoms with Crippen molar-refractivity contribution in [3.05, 3.63) is 35.1 Å². The molecule has 1 aromatic rings. The van der Waals surface area contributed by atoms with Crippen molar-refractivity contribution in [3.8, 4) is 0 Å². The highest BCUT2D eigenvalue weighted by Gasteiger charge is 2.17. The lowest BCUT2D eigenvalue weighted by Gasteiger charge is -2.12. The molecule has 0 radical (unpaired) electrons. The van der Waals surface area contributed by atoms with Gasteiger partial charge in [0.15, 0.2) is 0 Å².